The molecule has 1 N–H and O–H groups in total. The lowest BCUT2D eigenvalue weighted by Crippen LogP contribution is -2.24. The topological polar surface area (TPSA) is 64.6 Å². The van der Waals surface area contributed by atoms with Crippen LogP contribution in [-0.4, -0.2) is 25.1 Å². The van der Waals surface area contributed by atoms with Crippen LogP contribution in [0.2, 0.25) is 0 Å². The maximum atomic E-state index is 12.8. The number of hydrogen-bond acceptors (Lipinski definition) is 4. The fourth-order valence-electron chi connectivity index (χ4n) is 2.98. The number of hydrogen-bond donors (Lipinski definition) is 1. The molecule has 150 valence electrons. The van der Waals surface area contributed by atoms with E-state index in [1.54, 1.807) is 31.2 Å². The van der Waals surface area contributed by atoms with Gasteiger partial charge in [-0.3, -0.25) is 4.79 Å². The Kier molecular flexibility index (Phi) is 7.21. The highest BCUT2D eigenvalue weighted by atomic mass is 16.6. The van der Waals surface area contributed by atoms with Crippen molar-refractivity contribution in [3.05, 3.63) is 59.2 Å². The van der Waals surface area contributed by atoms with Crippen LogP contribution in [0.5, 0.6) is 5.75 Å². The van der Waals surface area contributed by atoms with Gasteiger partial charge in [0.2, 0.25) is 0 Å². The fraction of sp³-hybridized carbons (Fsp3) is 0.391. The van der Waals surface area contributed by atoms with Gasteiger partial charge in [-0.25, -0.2) is 4.79 Å². The first-order valence-electron chi connectivity index (χ1n) is 9.53. The van der Waals surface area contributed by atoms with Crippen LogP contribution in [0.25, 0.3) is 0 Å². The molecule has 0 bridgehead atoms. The molecule has 0 heterocycles. The lowest BCUT2D eigenvalue weighted by molar-refractivity contribution is -0.147. The third kappa shape index (κ3) is 5.12. The van der Waals surface area contributed by atoms with E-state index >= 15 is 0 Å². The zero-order valence-corrected chi connectivity index (χ0v) is 17.4. The van der Waals surface area contributed by atoms with Gasteiger partial charge in [-0.15, -0.1) is 0 Å². The summed E-state index contributed by atoms with van der Waals surface area (Å²) in [6.45, 7) is 10.1. The number of anilines is 1. The van der Waals surface area contributed by atoms with Gasteiger partial charge in [-0.05, 0) is 54.2 Å². The molecule has 0 aromatic heterocycles. The van der Waals surface area contributed by atoms with Crippen molar-refractivity contribution in [2.45, 2.75) is 52.6 Å². The third-order valence-corrected chi connectivity index (χ3v) is 4.57. The molecule has 0 aliphatic carbocycles. The summed E-state index contributed by atoms with van der Waals surface area (Å²) in [4.78, 5) is 24.3. The molecule has 0 aliphatic rings. The Hall–Kier alpha value is -2.82. The van der Waals surface area contributed by atoms with Crippen molar-refractivity contribution in [2.75, 3.05) is 12.4 Å². The molecule has 0 radical (unpaired) electrons. The number of benzene rings is 2. The van der Waals surface area contributed by atoms with Gasteiger partial charge >= 0.3 is 5.97 Å². The fourth-order valence-corrected chi connectivity index (χ4v) is 2.98. The van der Waals surface area contributed by atoms with Crippen molar-refractivity contribution < 1.29 is 19.1 Å². The Bertz CT molecular complexity index is 799. The molecular weight excluding hydrogens is 354 g/mol. The number of carbonyl (C=O) groups excluding carboxylic acids is 2. The van der Waals surface area contributed by atoms with Crippen molar-refractivity contribution in [3.63, 3.8) is 0 Å². The Morgan fingerprint density at radius 1 is 0.857 bits per heavy atom. The number of para-hydroxylation sites is 1. The Morgan fingerprint density at radius 3 is 1.86 bits per heavy atom. The Balaban J connectivity index is 2.21. The molecule has 5 nitrogen and oxygen atoms in total. The van der Waals surface area contributed by atoms with E-state index in [4.69, 9.17) is 4.74 Å². The van der Waals surface area contributed by atoms with Crippen LogP contribution < -0.4 is 10.1 Å². The average Bonchev–Trinajstić information content (AvgIpc) is 2.67. The molecule has 0 fully saturated rings. The maximum absolute atomic E-state index is 12.8. The van der Waals surface area contributed by atoms with Crippen molar-refractivity contribution in [2.24, 2.45) is 0 Å². The second kappa shape index (κ2) is 9.40. The molecule has 2 aromatic rings. The average molecular weight is 383 g/mol. The second-order valence-electron chi connectivity index (χ2n) is 7.38. The zero-order chi connectivity index (χ0) is 20.8. The smallest absolute Gasteiger partial charge is 0.346 e. The number of methoxy groups -OCH3 is 1. The lowest BCUT2D eigenvalue weighted by atomic mass is 9.92. The van der Waals surface area contributed by atoms with E-state index in [-0.39, 0.29) is 5.91 Å². The van der Waals surface area contributed by atoms with Crippen molar-refractivity contribution in [1.82, 2.24) is 0 Å². The monoisotopic (exact) mass is 383 g/mol. The molecule has 1 atom stereocenters. The highest BCUT2D eigenvalue weighted by Crippen LogP contribution is 2.32. The number of nitrogens with one attached hydrogen (secondary N) is 1. The summed E-state index contributed by atoms with van der Waals surface area (Å²) < 4.78 is 10.2. The summed E-state index contributed by atoms with van der Waals surface area (Å²) in [6.07, 6.45) is -0.712. The standard InChI is InChI=1S/C23H29NO4/c1-14(2)19-8-7-9-20(15(3)4)21(19)24-22(25)17-10-12-18(13-11-17)28-16(5)23(26)27-6/h7-16H,1-6H3,(H,24,25). The predicted molar refractivity (Wildman–Crippen MR) is 111 cm³/mol. The molecule has 28 heavy (non-hydrogen) atoms. The second-order valence-corrected chi connectivity index (χ2v) is 7.38. The first kappa shape index (κ1) is 21.5. The number of rotatable bonds is 7. The van der Waals surface area contributed by atoms with E-state index in [0.717, 1.165) is 16.8 Å². The summed E-state index contributed by atoms with van der Waals surface area (Å²) in [5.74, 6) is 0.463. The largest absolute Gasteiger partial charge is 0.479 e. The van der Waals surface area contributed by atoms with Crippen LogP contribution >= 0.6 is 0 Å². The number of ether oxygens (including phenoxy) is 2. The molecule has 0 aliphatic heterocycles. The maximum Gasteiger partial charge on any atom is 0.346 e. The first-order chi connectivity index (χ1) is 13.2. The molecule has 0 spiro atoms. The molecule has 1 unspecified atom stereocenters. The van der Waals surface area contributed by atoms with Gasteiger partial charge in [0.15, 0.2) is 6.10 Å². The summed E-state index contributed by atoms with van der Waals surface area (Å²) >= 11 is 0. The highest BCUT2D eigenvalue weighted by molar-refractivity contribution is 6.05. The minimum Gasteiger partial charge on any atom is -0.479 e. The summed E-state index contributed by atoms with van der Waals surface area (Å²) in [5, 5.41) is 3.09. The molecule has 2 aromatic carbocycles. The quantitative estimate of drug-likeness (QED) is 0.674. The van der Waals surface area contributed by atoms with Gasteiger partial charge in [-0.1, -0.05) is 45.9 Å². The van der Waals surface area contributed by atoms with E-state index in [9.17, 15) is 9.59 Å². The zero-order valence-electron chi connectivity index (χ0n) is 17.4. The summed E-state index contributed by atoms with van der Waals surface area (Å²) in [7, 11) is 1.32. The van der Waals surface area contributed by atoms with Crippen LogP contribution in [0.3, 0.4) is 0 Å². The molecule has 1 amide bonds. The van der Waals surface area contributed by atoms with E-state index in [0.29, 0.717) is 23.1 Å². The number of esters is 1. The van der Waals surface area contributed by atoms with Crippen molar-refractivity contribution in [3.8, 4) is 5.75 Å². The van der Waals surface area contributed by atoms with Gasteiger partial charge < -0.3 is 14.8 Å². The van der Waals surface area contributed by atoms with Crippen LogP contribution in [0.4, 0.5) is 5.69 Å². The van der Waals surface area contributed by atoms with Crippen LogP contribution in [-0.2, 0) is 9.53 Å². The van der Waals surface area contributed by atoms with Crippen LogP contribution in [0.1, 0.15) is 67.9 Å². The first-order valence-corrected chi connectivity index (χ1v) is 9.53. The Labute approximate surface area is 167 Å². The van der Waals surface area contributed by atoms with Gasteiger partial charge in [0, 0.05) is 11.3 Å². The molecule has 2 rings (SSSR count). The van der Waals surface area contributed by atoms with Crippen molar-refractivity contribution in [1.29, 1.82) is 0 Å². The molecule has 0 saturated carbocycles. The highest BCUT2D eigenvalue weighted by Gasteiger charge is 2.18. The third-order valence-electron chi connectivity index (χ3n) is 4.57. The van der Waals surface area contributed by atoms with Gasteiger partial charge in [0.1, 0.15) is 5.75 Å². The van der Waals surface area contributed by atoms with Gasteiger partial charge in [0.25, 0.3) is 5.91 Å². The molecule has 5 heteroatoms. The Morgan fingerprint density at radius 2 is 1.39 bits per heavy atom. The minimum atomic E-state index is -0.712. The van der Waals surface area contributed by atoms with Gasteiger partial charge in [0.05, 0.1) is 7.11 Å². The minimum absolute atomic E-state index is 0.178. The molecular formula is C23H29NO4. The normalized spacial score (nSPS) is 12.0. The predicted octanol–water partition coefficient (Wildman–Crippen LogP) is 5.13. The van der Waals surface area contributed by atoms with E-state index in [1.807, 2.05) is 6.07 Å². The summed E-state index contributed by atoms with van der Waals surface area (Å²) in [5.41, 5.74) is 3.64. The van der Waals surface area contributed by atoms with Crippen molar-refractivity contribution >= 4 is 17.6 Å². The van der Waals surface area contributed by atoms with Crippen LogP contribution in [0.15, 0.2) is 42.5 Å². The lowest BCUT2D eigenvalue weighted by Gasteiger charge is -2.20. The van der Waals surface area contributed by atoms with E-state index < -0.39 is 12.1 Å². The van der Waals surface area contributed by atoms with E-state index in [2.05, 4.69) is 49.9 Å². The summed E-state index contributed by atoms with van der Waals surface area (Å²) in [6, 6.07) is 12.9. The van der Waals surface area contributed by atoms with Crippen LogP contribution in [0, 0.1) is 0 Å². The SMILES string of the molecule is COC(=O)C(C)Oc1ccc(C(=O)Nc2c(C(C)C)cccc2C(C)C)cc1. The molecule has 0 saturated heterocycles. The number of carbonyl (C=O) groups is 2. The van der Waals surface area contributed by atoms with Gasteiger partial charge in [-0.2, -0.15) is 0 Å². The van der Waals surface area contributed by atoms with E-state index in [1.165, 1.54) is 7.11 Å². The number of amides is 1.